The Morgan fingerprint density at radius 2 is 2.10 bits per heavy atom. The molecule has 0 saturated heterocycles. The number of benzene rings is 1. The molecule has 0 fully saturated rings. The summed E-state index contributed by atoms with van der Waals surface area (Å²) in [6.45, 7) is 9.82. The standard InChI is InChI=1S/C17H28N2O/c1-5-13(3)11-19(6-2)15-12-20-16-10-8-7-9-14(16)17(15)18-4/h7-10,13,15,17-18H,5-6,11-12H2,1-4H3. The van der Waals surface area contributed by atoms with Gasteiger partial charge in [0.1, 0.15) is 12.4 Å². The molecular weight excluding hydrogens is 248 g/mol. The number of nitrogens with one attached hydrogen (secondary N) is 1. The first-order valence-corrected chi connectivity index (χ1v) is 7.84. The molecule has 0 aromatic heterocycles. The van der Waals surface area contributed by atoms with Gasteiger partial charge >= 0.3 is 0 Å². The van der Waals surface area contributed by atoms with E-state index >= 15 is 0 Å². The van der Waals surface area contributed by atoms with Crippen LogP contribution in [0.15, 0.2) is 24.3 Å². The molecule has 112 valence electrons. The normalized spacial score (nSPS) is 23.2. The Bertz CT molecular complexity index is 421. The average molecular weight is 276 g/mol. The molecule has 20 heavy (non-hydrogen) atoms. The number of rotatable bonds is 6. The molecule has 1 aromatic carbocycles. The third-order valence-corrected chi connectivity index (χ3v) is 4.48. The van der Waals surface area contributed by atoms with E-state index in [1.165, 1.54) is 12.0 Å². The summed E-state index contributed by atoms with van der Waals surface area (Å²) in [4.78, 5) is 2.56. The van der Waals surface area contributed by atoms with E-state index < -0.39 is 0 Å². The number of para-hydroxylation sites is 1. The van der Waals surface area contributed by atoms with Gasteiger partial charge in [-0.25, -0.2) is 0 Å². The molecule has 1 N–H and O–H groups in total. The van der Waals surface area contributed by atoms with Crippen LogP contribution in [0.1, 0.15) is 38.8 Å². The Morgan fingerprint density at radius 1 is 1.35 bits per heavy atom. The minimum Gasteiger partial charge on any atom is -0.492 e. The summed E-state index contributed by atoms with van der Waals surface area (Å²) in [6.07, 6.45) is 1.23. The number of hydrogen-bond acceptors (Lipinski definition) is 3. The molecule has 3 atom stereocenters. The van der Waals surface area contributed by atoms with Crippen LogP contribution in [0.5, 0.6) is 5.75 Å². The molecule has 1 aliphatic rings. The van der Waals surface area contributed by atoms with E-state index in [1.54, 1.807) is 0 Å². The SMILES string of the molecule is CCC(C)CN(CC)C1COc2ccccc2C1NC. The zero-order chi connectivity index (χ0) is 14.5. The number of ether oxygens (including phenoxy) is 1. The molecule has 3 unspecified atom stereocenters. The van der Waals surface area contributed by atoms with Gasteiger partial charge in [0.25, 0.3) is 0 Å². The lowest BCUT2D eigenvalue weighted by Gasteiger charge is -2.41. The van der Waals surface area contributed by atoms with E-state index in [1.807, 2.05) is 6.07 Å². The second-order valence-corrected chi connectivity index (χ2v) is 5.78. The van der Waals surface area contributed by atoms with Gasteiger partial charge in [0, 0.05) is 12.1 Å². The van der Waals surface area contributed by atoms with E-state index in [2.05, 4.69) is 56.2 Å². The van der Waals surface area contributed by atoms with Crippen molar-refractivity contribution in [1.82, 2.24) is 10.2 Å². The van der Waals surface area contributed by atoms with Crippen LogP contribution in [0.3, 0.4) is 0 Å². The van der Waals surface area contributed by atoms with Crippen molar-refractivity contribution in [2.45, 2.75) is 39.3 Å². The zero-order valence-corrected chi connectivity index (χ0v) is 13.2. The molecular formula is C17H28N2O. The van der Waals surface area contributed by atoms with Crippen molar-refractivity contribution >= 4 is 0 Å². The molecule has 1 heterocycles. The van der Waals surface area contributed by atoms with Gasteiger partial charge in [0.05, 0.1) is 12.1 Å². The highest BCUT2D eigenvalue weighted by atomic mass is 16.5. The minimum absolute atomic E-state index is 0.351. The lowest BCUT2D eigenvalue weighted by Crippen LogP contribution is -2.50. The highest BCUT2D eigenvalue weighted by Crippen LogP contribution is 2.34. The fraction of sp³-hybridized carbons (Fsp3) is 0.647. The van der Waals surface area contributed by atoms with Crippen molar-refractivity contribution in [3.63, 3.8) is 0 Å². The Balaban J connectivity index is 2.19. The summed E-state index contributed by atoms with van der Waals surface area (Å²) in [7, 11) is 2.05. The summed E-state index contributed by atoms with van der Waals surface area (Å²) in [5.74, 6) is 1.76. The molecule has 3 heteroatoms. The van der Waals surface area contributed by atoms with Gasteiger partial charge in [0.2, 0.25) is 0 Å². The Morgan fingerprint density at radius 3 is 2.75 bits per heavy atom. The third-order valence-electron chi connectivity index (χ3n) is 4.48. The monoisotopic (exact) mass is 276 g/mol. The zero-order valence-electron chi connectivity index (χ0n) is 13.2. The number of nitrogens with zero attached hydrogens (tertiary/aromatic N) is 1. The molecule has 3 nitrogen and oxygen atoms in total. The quantitative estimate of drug-likeness (QED) is 0.864. The van der Waals surface area contributed by atoms with Crippen LogP contribution in [-0.2, 0) is 0 Å². The van der Waals surface area contributed by atoms with Crippen LogP contribution in [0.4, 0.5) is 0 Å². The molecule has 2 rings (SSSR count). The van der Waals surface area contributed by atoms with Gasteiger partial charge < -0.3 is 10.1 Å². The van der Waals surface area contributed by atoms with Crippen LogP contribution in [0.25, 0.3) is 0 Å². The average Bonchev–Trinajstić information content (AvgIpc) is 2.51. The first-order valence-electron chi connectivity index (χ1n) is 7.84. The van der Waals surface area contributed by atoms with E-state index in [0.29, 0.717) is 12.1 Å². The van der Waals surface area contributed by atoms with E-state index in [0.717, 1.165) is 31.4 Å². The van der Waals surface area contributed by atoms with Gasteiger partial charge in [0.15, 0.2) is 0 Å². The van der Waals surface area contributed by atoms with Gasteiger partial charge in [-0.2, -0.15) is 0 Å². The number of likely N-dealkylation sites (N-methyl/N-ethyl adjacent to an activating group) is 2. The fourth-order valence-corrected chi connectivity index (χ4v) is 3.04. The molecule has 0 aliphatic carbocycles. The first kappa shape index (κ1) is 15.3. The minimum atomic E-state index is 0.351. The van der Waals surface area contributed by atoms with Gasteiger partial charge in [-0.05, 0) is 25.6 Å². The van der Waals surface area contributed by atoms with Crippen LogP contribution >= 0.6 is 0 Å². The summed E-state index contributed by atoms with van der Waals surface area (Å²) >= 11 is 0. The lowest BCUT2D eigenvalue weighted by molar-refractivity contribution is 0.0806. The molecule has 1 aromatic rings. The maximum Gasteiger partial charge on any atom is 0.124 e. The summed E-state index contributed by atoms with van der Waals surface area (Å²) < 4.78 is 5.98. The second-order valence-electron chi connectivity index (χ2n) is 5.78. The highest BCUT2D eigenvalue weighted by molar-refractivity contribution is 5.38. The Kier molecular flexibility index (Phi) is 5.44. The Labute approximate surface area is 123 Å². The predicted molar refractivity (Wildman–Crippen MR) is 84.2 cm³/mol. The van der Waals surface area contributed by atoms with Crippen molar-refractivity contribution in [2.75, 3.05) is 26.7 Å². The predicted octanol–water partition coefficient (Wildman–Crippen LogP) is 3.08. The molecule has 0 saturated carbocycles. The number of fused-ring (bicyclic) bond motifs is 1. The van der Waals surface area contributed by atoms with Crippen LogP contribution in [-0.4, -0.2) is 37.7 Å². The maximum atomic E-state index is 5.98. The van der Waals surface area contributed by atoms with E-state index in [4.69, 9.17) is 4.74 Å². The van der Waals surface area contributed by atoms with Gasteiger partial charge in [-0.3, -0.25) is 4.90 Å². The van der Waals surface area contributed by atoms with Crippen molar-refractivity contribution in [1.29, 1.82) is 0 Å². The van der Waals surface area contributed by atoms with Crippen molar-refractivity contribution in [3.05, 3.63) is 29.8 Å². The molecule has 0 spiro atoms. The van der Waals surface area contributed by atoms with E-state index in [9.17, 15) is 0 Å². The molecule has 0 bridgehead atoms. The topological polar surface area (TPSA) is 24.5 Å². The lowest BCUT2D eigenvalue weighted by atomic mass is 9.94. The van der Waals surface area contributed by atoms with Crippen molar-refractivity contribution in [2.24, 2.45) is 5.92 Å². The van der Waals surface area contributed by atoms with Gasteiger partial charge in [-0.15, -0.1) is 0 Å². The van der Waals surface area contributed by atoms with Gasteiger partial charge in [-0.1, -0.05) is 45.4 Å². The maximum absolute atomic E-state index is 5.98. The second kappa shape index (κ2) is 7.09. The molecule has 0 radical (unpaired) electrons. The van der Waals surface area contributed by atoms with E-state index in [-0.39, 0.29) is 0 Å². The number of hydrogen-bond donors (Lipinski definition) is 1. The highest BCUT2D eigenvalue weighted by Gasteiger charge is 2.33. The van der Waals surface area contributed by atoms with Crippen molar-refractivity contribution in [3.8, 4) is 5.75 Å². The summed E-state index contributed by atoms with van der Waals surface area (Å²) in [5.41, 5.74) is 1.29. The Hall–Kier alpha value is -1.06. The smallest absolute Gasteiger partial charge is 0.124 e. The van der Waals surface area contributed by atoms with Crippen LogP contribution in [0.2, 0.25) is 0 Å². The van der Waals surface area contributed by atoms with Crippen LogP contribution < -0.4 is 10.1 Å². The summed E-state index contributed by atoms with van der Waals surface area (Å²) in [5, 5.41) is 3.49. The van der Waals surface area contributed by atoms with Crippen molar-refractivity contribution < 1.29 is 4.74 Å². The van der Waals surface area contributed by atoms with Crippen LogP contribution in [0, 0.1) is 5.92 Å². The molecule has 1 aliphatic heterocycles. The third kappa shape index (κ3) is 3.15. The first-order chi connectivity index (χ1) is 9.71. The largest absolute Gasteiger partial charge is 0.492 e. The fourth-order valence-electron chi connectivity index (χ4n) is 3.04. The summed E-state index contributed by atoms with van der Waals surface area (Å²) in [6, 6.07) is 9.15. The molecule has 0 amide bonds.